The second kappa shape index (κ2) is 6.11. The van der Waals surface area contributed by atoms with Crippen molar-refractivity contribution in [2.75, 3.05) is 13.7 Å². The van der Waals surface area contributed by atoms with Crippen molar-refractivity contribution in [1.82, 2.24) is 4.90 Å². The Kier molecular flexibility index (Phi) is 4.45. The van der Waals surface area contributed by atoms with E-state index in [1.807, 2.05) is 0 Å². The molecule has 0 aliphatic carbocycles. The monoisotopic (exact) mass is 295 g/mol. The Hall–Kier alpha value is -2.11. The summed E-state index contributed by atoms with van der Waals surface area (Å²) in [5, 5.41) is 9.17. The number of hydrogen-bond acceptors (Lipinski definition) is 3. The Balaban J connectivity index is 2.25. The van der Waals surface area contributed by atoms with E-state index in [0.717, 1.165) is 6.07 Å². The standard InChI is InChI=1S/C15H18FNO4/c1-9-11(15(19)20)4-3-7-17(9)14(18)12-6-5-10(21-2)8-13(12)16/h5-6,8-9,11H,3-4,7H2,1-2H3,(H,19,20)/t9-,11-/m0/s1. The number of likely N-dealkylation sites (tertiary alicyclic amines) is 1. The van der Waals surface area contributed by atoms with Crippen LogP contribution in [0.3, 0.4) is 0 Å². The summed E-state index contributed by atoms with van der Waals surface area (Å²) >= 11 is 0. The van der Waals surface area contributed by atoms with Gasteiger partial charge in [-0.1, -0.05) is 0 Å². The first kappa shape index (κ1) is 15.3. The number of aliphatic carboxylic acids is 1. The van der Waals surface area contributed by atoms with Gasteiger partial charge in [0.25, 0.3) is 5.91 Å². The van der Waals surface area contributed by atoms with E-state index in [1.54, 1.807) is 6.92 Å². The third-order valence-electron chi connectivity index (χ3n) is 3.97. The minimum absolute atomic E-state index is 0.0614. The first-order chi connectivity index (χ1) is 9.95. The molecule has 1 saturated heterocycles. The molecule has 1 N–H and O–H groups in total. The number of hydrogen-bond donors (Lipinski definition) is 1. The predicted octanol–water partition coefficient (Wildman–Crippen LogP) is 2.16. The Labute approximate surface area is 122 Å². The third kappa shape index (κ3) is 2.99. The lowest BCUT2D eigenvalue weighted by molar-refractivity contribution is -0.144. The molecule has 1 fully saturated rings. The maximum absolute atomic E-state index is 14.0. The molecule has 114 valence electrons. The SMILES string of the molecule is COc1ccc(C(=O)N2CCC[C@H](C(=O)O)[C@@H]2C)c(F)c1. The summed E-state index contributed by atoms with van der Waals surface area (Å²) in [5.74, 6) is -2.34. The van der Waals surface area contributed by atoms with Gasteiger partial charge in [-0.25, -0.2) is 4.39 Å². The molecule has 1 aliphatic heterocycles. The van der Waals surface area contributed by atoms with Crippen molar-refractivity contribution >= 4 is 11.9 Å². The number of carbonyl (C=O) groups is 2. The van der Waals surface area contributed by atoms with Crippen molar-refractivity contribution in [3.63, 3.8) is 0 Å². The van der Waals surface area contributed by atoms with Crippen LogP contribution in [-0.4, -0.2) is 41.6 Å². The number of ether oxygens (including phenoxy) is 1. The van der Waals surface area contributed by atoms with Crippen LogP contribution in [0, 0.1) is 11.7 Å². The molecule has 6 heteroatoms. The van der Waals surface area contributed by atoms with Gasteiger partial charge >= 0.3 is 5.97 Å². The molecule has 1 aromatic rings. The quantitative estimate of drug-likeness (QED) is 0.928. The van der Waals surface area contributed by atoms with Crippen LogP contribution in [0.15, 0.2) is 18.2 Å². The molecule has 1 aromatic carbocycles. The highest BCUT2D eigenvalue weighted by Gasteiger charge is 2.36. The zero-order valence-electron chi connectivity index (χ0n) is 12.0. The van der Waals surface area contributed by atoms with Gasteiger partial charge in [0.1, 0.15) is 11.6 Å². The van der Waals surface area contributed by atoms with Gasteiger partial charge in [0, 0.05) is 18.7 Å². The van der Waals surface area contributed by atoms with Crippen LogP contribution in [0.25, 0.3) is 0 Å². The molecule has 2 rings (SSSR count). The zero-order chi connectivity index (χ0) is 15.6. The average Bonchev–Trinajstić information content (AvgIpc) is 2.46. The summed E-state index contributed by atoms with van der Waals surface area (Å²) in [4.78, 5) is 25.1. The van der Waals surface area contributed by atoms with Crippen molar-refractivity contribution in [1.29, 1.82) is 0 Å². The van der Waals surface area contributed by atoms with Crippen LogP contribution in [0.1, 0.15) is 30.1 Å². The van der Waals surface area contributed by atoms with Crippen LogP contribution in [-0.2, 0) is 4.79 Å². The lowest BCUT2D eigenvalue weighted by Crippen LogP contribution is -2.49. The molecule has 0 bridgehead atoms. The van der Waals surface area contributed by atoms with Gasteiger partial charge in [0.05, 0.1) is 18.6 Å². The van der Waals surface area contributed by atoms with Gasteiger partial charge in [-0.3, -0.25) is 9.59 Å². The van der Waals surface area contributed by atoms with Crippen LogP contribution >= 0.6 is 0 Å². The second-order valence-corrected chi connectivity index (χ2v) is 5.17. The van der Waals surface area contributed by atoms with Gasteiger partial charge < -0.3 is 14.7 Å². The molecular weight excluding hydrogens is 277 g/mol. The van der Waals surface area contributed by atoms with Crippen LogP contribution in [0.2, 0.25) is 0 Å². The van der Waals surface area contributed by atoms with Crippen molar-refractivity contribution < 1.29 is 23.8 Å². The lowest BCUT2D eigenvalue weighted by Gasteiger charge is -2.37. The lowest BCUT2D eigenvalue weighted by atomic mass is 9.90. The summed E-state index contributed by atoms with van der Waals surface area (Å²) in [7, 11) is 1.42. The van der Waals surface area contributed by atoms with Gasteiger partial charge in [-0.2, -0.15) is 0 Å². The Bertz CT molecular complexity index is 561. The molecule has 1 heterocycles. The number of amides is 1. The molecule has 0 unspecified atom stereocenters. The summed E-state index contributed by atoms with van der Waals surface area (Å²) in [6.07, 6.45) is 1.14. The van der Waals surface area contributed by atoms with Gasteiger partial charge in [0.15, 0.2) is 0 Å². The van der Waals surface area contributed by atoms with E-state index in [0.29, 0.717) is 25.1 Å². The van der Waals surface area contributed by atoms with E-state index in [4.69, 9.17) is 4.74 Å². The number of carboxylic acid groups (broad SMARTS) is 1. The van der Waals surface area contributed by atoms with E-state index in [-0.39, 0.29) is 5.56 Å². The predicted molar refractivity (Wildman–Crippen MR) is 73.8 cm³/mol. The Morgan fingerprint density at radius 2 is 2.14 bits per heavy atom. The highest BCUT2D eigenvalue weighted by Crippen LogP contribution is 2.26. The highest BCUT2D eigenvalue weighted by molar-refractivity contribution is 5.95. The van der Waals surface area contributed by atoms with Crippen molar-refractivity contribution in [2.24, 2.45) is 5.92 Å². The van der Waals surface area contributed by atoms with E-state index in [2.05, 4.69) is 0 Å². The minimum Gasteiger partial charge on any atom is -0.497 e. The summed E-state index contributed by atoms with van der Waals surface area (Å²) in [6.45, 7) is 2.13. The molecule has 5 nitrogen and oxygen atoms in total. The van der Waals surface area contributed by atoms with Gasteiger partial charge in [0.2, 0.25) is 0 Å². The van der Waals surface area contributed by atoms with E-state index < -0.39 is 29.7 Å². The first-order valence-corrected chi connectivity index (χ1v) is 6.83. The summed E-state index contributed by atoms with van der Waals surface area (Å²) < 4.78 is 18.9. The number of methoxy groups -OCH3 is 1. The molecule has 1 aliphatic rings. The molecule has 1 amide bonds. The topological polar surface area (TPSA) is 66.8 Å². The number of nitrogens with zero attached hydrogens (tertiary/aromatic N) is 1. The largest absolute Gasteiger partial charge is 0.497 e. The first-order valence-electron chi connectivity index (χ1n) is 6.83. The molecule has 21 heavy (non-hydrogen) atoms. The molecule has 0 saturated carbocycles. The van der Waals surface area contributed by atoms with Crippen molar-refractivity contribution in [2.45, 2.75) is 25.8 Å². The molecule has 0 spiro atoms. The van der Waals surface area contributed by atoms with Crippen LogP contribution in [0.4, 0.5) is 4.39 Å². The number of piperidine rings is 1. The average molecular weight is 295 g/mol. The number of halogens is 1. The molecular formula is C15H18FNO4. The zero-order valence-corrected chi connectivity index (χ0v) is 12.0. The fourth-order valence-corrected chi connectivity index (χ4v) is 2.71. The highest BCUT2D eigenvalue weighted by atomic mass is 19.1. The van der Waals surface area contributed by atoms with E-state index in [1.165, 1.54) is 24.1 Å². The van der Waals surface area contributed by atoms with Gasteiger partial charge in [-0.05, 0) is 31.9 Å². The van der Waals surface area contributed by atoms with Gasteiger partial charge in [-0.15, -0.1) is 0 Å². The number of carbonyl (C=O) groups excluding carboxylic acids is 1. The summed E-state index contributed by atoms with van der Waals surface area (Å²) in [6, 6.07) is 3.58. The number of carboxylic acids is 1. The fourth-order valence-electron chi connectivity index (χ4n) is 2.71. The number of rotatable bonds is 3. The van der Waals surface area contributed by atoms with Crippen LogP contribution < -0.4 is 4.74 Å². The van der Waals surface area contributed by atoms with Crippen LogP contribution in [0.5, 0.6) is 5.75 Å². The summed E-state index contributed by atoms with van der Waals surface area (Å²) in [5.41, 5.74) is -0.0614. The van der Waals surface area contributed by atoms with Crippen molar-refractivity contribution in [3.05, 3.63) is 29.6 Å². The minimum atomic E-state index is -0.921. The molecule has 0 radical (unpaired) electrons. The molecule has 2 atom stereocenters. The Morgan fingerprint density at radius 3 is 2.71 bits per heavy atom. The van der Waals surface area contributed by atoms with E-state index in [9.17, 15) is 19.1 Å². The Morgan fingerprint density at radius 1 is 1.43 bits per heavy atom. The van der Waals surface area contributed by atoms with Crippen molar-refractivity contribution in [3.8, 4) is 5.75 Å². The smallest absolute Gasteiger partial charge is 0.308 e. The fraction of sp³-hybridized carbons (Fsp3) is 0.467. The maximum atomic E-state index is 14.0. The second-order valence-electron chi connectivity index (χ2n) is 5.17. The van der Waals surface area contributed by atoms with E-state index >= 15 is 0 Å². The maximum Gasteiger partial charge on any atom is 0.308 e. The third-order valence-corrected chi connectivity index (χ3v) is 3.97. The normalized spacial score (nSPS) is 22.0. The number of benzene rings is 1. The molecule has 0 aromatic heterocycles.